The summed E-state index contributed by atoms with van der Waals surface area (Å²) in [4.78, 5) is 12.2. The monoisotopic (exact) mass is 285 g/mol. The fourth-order valence-corrected chi connectivity index (χ4v) is 2.88. The molecule has 0 saturated carbocycles. The lowest BCUT2D eigenvalue weighted by Crippen LogP contribution is -2.11. The summed E-state index contributed by atoms with van der Waals surface area (Å²) < 4.78 is 0. The number of benzene rings is 1. The van der Waals surface area contributed by atoms with Crippen molar-refractivity contribution < 1.29 is 4.79 Å². The second kappa shape index (κ2) is 6.53. The third-order valence-corrected chi connectivity index (χ3v) is 3.79. The zero-order valence-electron chi connectivity index (χ0n) is 11.8. The average molecular weight is 285 g/mol. The number of nitrogens with one attached hydrogen (secondary N) is 1. The highest BCUT2D eigenvalue weighted by molar-refractivity contribution is 7.14. The molecule has 0 unspecified atom stereocenters. The Morgan fingerprint density at radius 3 is 2.60 bits per heavy atom. The van der Waals surface area contributed by atoms with Gasteiger partial charge in [-0.1, -0.05) is 38.6 Å². The third kappa shape index (κ3) is 3.58. The fourth-order valence-electron chi connectivity index (χ4n) is 2.05. The van der Waals surface area contributed by atoms with Gasteiger partial charge in [-0.3, -0.25) is 4.79 Å². The lowest BCUT2D eigenvalue weighted by molar-refractivity contribution is 0.102. The summed E-state index contributed by atoms with van der Waals surface area (Å²) in [6.07, 6.45) is 0.935. The Balaban J connectivity index is 2.13. The molecule has 3 heteroatoms. The van der Waals surface area contributed by atoms with Crippen LogP contribution in [0.3, 0.4) is 0 Å². The molecule has 2 rings (SSSR count). The Labute approximate surface area is 124 Å². The molecular formula is C17H19NOS. The van der Waals surface area contributed by atoms with Gasteiger partial charge in [-0.05, 0) is 41.5 Å². The van der Waals surface area contributed by atoms with Crippen LogP contribution in [-0.2, 0) is 0 Å². The van der Waals surface area contributed by atoms with Crippen LogP contribution in [0.2, 0.25) is 0 Å². The molecule has 0 spiro atoms. The zero-order valence-corrected chi connectivity index (χ0v) is 12.7. The number of allylic oxidation sites excluding steroid dienone is 1. The molecule has 0 saturated heterocycles. The highest BCUT2D eigenvalue weighted by Crippen LogP contribution is 2.32. The second-order valence-electron chi connectivity index (χ2n) is 5.19. The molecule has 0 bridgehead atoms. The highest BCUT2D eigenvalue weighted by atomic mass is 32.1. The average Bonchev–Trinajstić information content (AvgIpc) is 2.87. The molecule has 2 nitrogen and oxygen atoms in total. The van der Waals surface area contributed by atoms with Crippen molar-refractivity contribution in [3.8, 4) is 0 Å². The maximum absolute atomic E-state index is 12.2. The summed E-state index contributed by atoms with van der Waals surface area (Å²) in [5.41, 5.74) is 2.79. The molecule has 0 aliphatic heterocycles. The topological polar surface area (TPSA) is 29.1 Å². The number of thiophene rings is 1. The van der Waals surface area contributed by atoms with E-state index in [9.17, 15) is 4.79 Å². The lowest BCUT2D eigenvalue weighted by Gasteiger charge is -2.10. The van der Waals surface area contributed by atoms with Gasteiger partial charge in [0.05, 0.1) is 0 Å². The summed E-state index contributed by atoms with van der Waals surface area (Å²) in [6, 6.07) is 11.3. The third-order valence-electron chi connectivity index (χ3n) is 2.96. The minimum absolute atomic E-state index is 0.0772. The van der Waals surface area contributed by atoms with Crippen LogP contribution in [0.1, 0.15) is 36.2 Å². The molecule has 1 amide bonds. The van der Waals surface area contributed by atoms with E-state index in [1.54, 1.807) is 0 Å². The SMILES string of the molecule is C=C(CC(C)C)c1ccsc1NC(=O)c1ccccc1. The molecule has 0 aliphatic rings. The molecule has 1 aromatic heterocycles. The molecule has 1 heterocycles. The summed E-state index contributed by atoms with van der Waals surface area (Å²) in [5, 5.41) is 5.85. The standard InChI is InChI=1S/C17H19NOS/c1-12(2)11-13(3)15-9-10-20-17(15)18-16(19)14-7-5-4-6-8-14/h4-10,12H,3,11H2,1-2H3,(H,18,19). The van der Waals surface area contributed by atoms with E-state index >= 15 is 0 Å². The van der Waals surface area contributed by atoms with Gasteiger partial charge < -0.3 is 5.32 Å². The molecular weight excluding hydrogens is 266 g/mol. The molecule has 0 radical (unpaired) electrons. The van der Waals surface area contributed by atoms with Gasteiger partial charge in [0.1, 0.15) is 5.00 Å². The van der Waals surface area contributed by atoms with Gasteiger partial charge in [0, 0.05) is 11.1 Å². The number of anilines is 1. The van der Waals surface area contributed by atoms with Crippen LogP contribution in [-0.4, -0.2) is 5.91 Å². The maximum atomic E-state index is 12.2. The van der Waals surface area contributed by atoms with E-state index in [2.05, 4.69) is 25.7 Å². The van der Waals surface area contributed by atoms with Gasteiger partial charge in [-0.15, -0.1) is 11.3 Å². The van der Waals surface area contributed by atoms with Gasteiger partial charge in [0.25, 0.3) is 5.91 Å². The number of hydrogen-bond donors (Lipinski definition) is 1. The van der Waals surface area contributed by atoms with Gasteiger partial charge in [-0.2, -0.15) is 0 Å². The maximum Gasteiger partial charge on any atom is 0.256 e. The van der Waals surface area contributed by atoms with E-state index in [0.717, 1.165) is 22.6 Å². The number of carbonyl (C=O) groups excluding carboxylic acids is 1. The summed E-state index contributed by atoms with van der Waals surface area (Å²) in [5.74, 6) is 0.478. The normalized spacial score (nSPS) is 10.6. The molecule has 0 aliphatic carbocycles. The zero-order chi connectivity index (χ0) is 14.5. The first-order valence-electron chi connectivity index (χ1n) is 6.70. The second-order valence-corrected chi connectivity index (χ2v) is 6.10. The number of hydrogen-bond acceptors (Lipinski definition) is 2. The summed E-state index contributed by atoms with van der Waals surface area (Å²) in [7, 11) is 0. The van der Waals surface area contributed by atoms with Gasteiger partial charge in [0.15, 0.2) is 0 Å². The molecule has 2 aromatic rings. The number of carbonyl (C=O) groups is 1. The van der Waals surface area contributed by atoms with Gasteiger partial charge in [0.2, 0.25) is 0 Å². The van der Waals surface area contributed by atoms with Gasteiger partial charge in [-0.25, -0.2) is 0 Å². The van der Waals surface area contributed by atoms with Gasteiger partial charge >= 0.3 is 0 Å². The molecule has 0 atom stereocenters. The van der Waals surface area contributed by atoms with Crippen molar-refractivity contribution >= 4 is 27.8 Å². The van der Waals surface area contributed by atoms with Crippen molar-refractivity contribution in [1.82, 2.24) is 0 Å². The Bertz CT molecular complexity index is 598. The van der Waals surface area contributed by atoms with Crippen molar-refractivity contribution in [2.75, 3.05) is 5.32 Å². The number of rotatable bonds is 5. The van der Waals surface area contributed by atoms with E-state index in [1.807, 2.05) is 41.8 Å². The highest BCUT2D eigenvalue weighted by Gasteiger charge is 2.12. The van der Waals surface area contributed by atoms with E-state index in [4.69, 9.17) is 0 Å². The van der Waals surface area contributed by atoms with E-state index in [1.165, 1.54) is 11.3 Å². The molecule has 1 aromatic carbocycles. The number of amides is 1. The van der Waals surface area contributed by atoms with Crippen LogP contribution in [0.5, 0.6) is 0 Å². The Hall–Kier alpha value is -1.87. The molecule has 20 heavy (non-hydrogen) atoms. The van der Waals surface area contributed by atoms with Crippen molar-refractivity contribution in [3.63, 3.8) is 0 Å². The first-order valence-corrected chi connectivity index (χ1v) is 7.58. The van der Waals surface area contributed by atoms with Crippen molar-refractivity contribution in [3.05, 3.63) is 59.5 Å². The summed E-state index contributed by atoms with van der Waals surface area (Å²) in [6.45, 7) is 8.47. The van der Waals surface area contributed by atoms with Crippen LogP contribution >= 0.6 is 11.3 Å². The van der Waals surface area contributed by atoms with E-state index in [-0.39, 0.29) is 5.91 Å². The Kier molecular flexibility index (Phi) is 4.74. The Morgan fingerprint density at radius 2 is 1.95 bits per heavy atom. The minimum atomic E-state index is -0.0772. The van der Waals surface area contributed by atoms with Crippen LogP contribution in [0.25, 0.3) is 5.57 Å². The first-order chi connectivity index (χ1) is 9.58. The van der Waals surface area contributed by atoms with E-state index in [0.29, 0.717) is 11.5 Å². The minimum Gasteiger partial charge on any atom is -0.313 e. The predicted octanol–water partition coefficient (Wildman–Crippen LogP) is 5.06. The fraction of sp³-hybridized carbons (Fsp3) is 0.235. The van der Waals surface area contributed by atoms with Crippen molar-refractivity contribution in [1.29, 1.82) is 0 Å². The molecule has 1 N–H and O–H groups in total. The lowest BCUT2D eigenvalue weighted by atomic mass is 9.99. The molecule has 0 fully saturated rings. The Morgan fingerprint density at radius 1 is 1.25 bits per heavy atom. The molecule has 104 valence electrons. The van der Waals surface area contributed by atoms with Crippen LogP contribution in [0, 0.1) is 5.92 Å². The van der Waals surface area contributed by atoms with Crippen molar-refractivity contribution in [2.24, 2.45) is 5.92 Å². The predicted molar refractivity (Wildman–Crippen MR) is 87.2 cm³/mol. The first kappa shape index (κ1) is 14.5. The largest absolute Gasteiger partial charge is 0.313 e. The van der Waals surface area contributed by atoms with Crippen LogP contribution < -0.4 is 5.32 Å². The summed E-state index contributed by atoms with van der Waals surface area (Å²) >= 11 is 1.54. The van der Waals surface area contributed by atoms with E-state index < -0.39 is 0 Å². The van der Waals surface area contributed by atoms with Crippen LogP contribution in [0.4, 0.5) is 5.00 Å². The quantitative estimate of drug-likeness (QED) is 0.817. The smallest absolute Gasteiger partial charge is 0.256 e. The van der Waals surface area contributed by atoms with Crippen molar-refractivity contribution in [2.45, 2.75) is 20.3 Å². The van der Waals surface area contributed by atoms with Crippen LogP contribution in [0.15, 0.2) is 48.4 Å².